The zero-order valence-electron chi connectivity index (χ0n) is 16.0. The van der Waals surface area contributed by atoms with E-state index in [1.165, 1.54) is 0 Å². The fourth-order valence-corrected chi connectivity index (χ4v) is 4.74. The Bertz CT molecular complexity index is 884. The Morgan fingerprint density at radius 3 is 2.71 bits per heavy atom. The minimum Gasteiger partial charge on any atom is -0.354 e. The van der Waals surface area contributed by atoms with E-state index in [1.54, 1.807) is 11.2 Å². The lowest BCUT2D eigenvalue weighted by atomic mass is 9.95. The van der Waals surface area contributed by atoms with Crippen LogP contribution in [-0.4, -0.2) is 76.3 Å². The summed E-state index contributed by atoms with van der Waals surface area (Å²) in [7, 11) is 0. The van der Waals surface area contributed by atoms with Gasteiger partial charge in [0.15, 0.2) is 0 Å². The monoisotopic (exact) mass is 382 g/mol. The van der Waals surface area contributed by atoms with Crippen LogP contribution in [0.25, 0.3) is 11.0 Å². The van der Waals surface area contributed by atoms with E-state index in [4.69, 9.17) is 0 Å². The Morgan fingerprint density at radius 1 is 1.14 bits per heavy atom. The maximum atomic E-state index is 13.2. The number of carbonyl (C=O) groups is 2. The number of piperidine rings is 1. The molecule has 0 radical (unpaired) electrons. The number of aromatic nitrogens is 3. The molecule has 2 aromatic rings. The molecule has 2 saturated heterocycles. The van der Waals surface area contributed by atoms with Crippen molar-refractivity contribution in [1.82, 2.24) is 24.8 Å². The van der Waals surface area contributed by atoms with Crippen LogP contribution < -0.4 is 4.90 Å². The number of nitrogens with zero attached hydrogens (tertiary/aromatic N) is 5. The van der Waals surface area contributed by atoms with Gasteiger partial charge in [0.25, 0.3) is 0 Å². The number of nitrogens with one attached hydrogen (secondary N) is 1. The van der Waals surface area contributed by atoms with Crippen molar-refractivity contribution in [1.29, 1.82) is 0 Å². The average Bonchev–Trinajstić information content (AvgIpc) is 3.37. The molecule has 2 aliphatic heterocycles. The van der Waals surface area contributed by atoms with Crippen molar-refractivity contribution in [2.75, 3.05) is 44.2 Å². The van der Waals surface area contributed by atoms with Crippen LogP contribution in [-0.2, 0) is 9.59 Å². The maximum absolute atomic E-state index is 13.2. The first-order valence-corrected chi connectivity index (χ1v) is 10.2. The van der Waals surface area contributed by atoms with Gasteiger partial charge in [0.05, 0.1) is 5.39 Å². The molecular weight excluding hydrogens is 356 g/mol. The van der Waals surface area contributed by atoms with Crippen LogP contribution in [0.4, 0.5) is 5.82 Å². The summed E-state index contributed by atoms with van der Waals surface area (Å²) in [6.45, 7) is 4.69. The third-order valence-corrected chi connectivity index (χ3v) is 6.62. The fraction of sp³-hybridized carbons (Fsp3) is 0.600. The van der Waals surface area contributed by atoms with Crippen molar-refractivity contribution < 1.29 is 9.59 Å². The second kappa shape index (κ2) is 6.76. The minimum atomic E-state index is 0.0500. The number of likely N-dealkylation sites (tertiary alicyclic amines) is 1. The Labute approximate surface area is 163 Å². The van der Waals surface area contributed by atoms with Crippen LogP contribution in [0.3, 0.4) is 0 Å². The summed E-state index contributed by atoms with van der Waals surface area (Å²) < 4.78 is 0. The van der Waals surface area contributed by atoms with Gasteiger partial charge < -0.3 is 19.7 Å². The second-order valence-electron chi connectivity index (χ2n) is 8.53. The number of fused-ring (bicyclic) bond motifs is 1. The Morgan fingerprint density at radius 2 is 1.96 bits per heavy atom. The molecule has 5 rings (SSSR count). The van der Waals surface area contributed by atoms with Crippen molar-refractivity contribution >= 4 is 29.2 Å². The molecule has 1 N–H and O–H groups in total. The van der Waals surface area contributed by atoms with Gasteiger partial charge in [0.2, 0.25) is 12.3 Å². The van der Waals surface area contributed by atoms with E-state index in [0.29, 0.717) is 13.1 Å². The molecule has 3 fully saturated rings. The molecule has 1 spiro atoms. The number of hydrogen-bond donors (Lipinski definition) is 1. The van der Waals surface area contributed by atoms with Crippen molar-refractivity contribution in [3.05, 3.63) is 18.6 Å². The number of H-pyrrole nitrogens is 1. The van der Waals surface area contributed by atoms with Gasteiger partial charge >= 0.3 is 0 Å². The normalized spacial score (nSPS) is 22.5. The lowest BCUT2D eigenvalue weighted by Crippen LogP contribution is -2.44. The topological polar surface area (TPSA) is 85.4 Å². The maximum Gasteiger partial charge on any atom is 0.225 e. The third kappa shape index (κ3) is 3.10. The van der Waals surface area contributed by atoms with Gasteiger partial charge in [-0.05, 0) is 31.7 Å². The highest BCUT2D eigenvalue weighted by Crippen LogP contribution is 2.48. The van der Waals surface area contributed by atoms with Crippen molar-refractivity contribution in [2.24, 2.45) is 11.3 Å². The Kier molecular flexibility index (Phi) is 4.21. The van der Waals surface area contributed by atoms with Gasteiger partial charge in [-0.15, -0.1) is 0 Å². The average molecular weight is 382 g/mol. The van der Waals surface area contributed by atoms with Gasteiger partial charge in [-0.2, -0.15) is 0 Å². The van der Waals surface area contributed by atoms with Crippen molar-refractivity contribution in [3.63, 3.8) is 0 Å². The predicted octanol–water partition coefficient (Wildman–Crippen LogP) is 1.26. The molecule has 0 unspecified atom stereocenters. The van der Waals surface area contributed by atoms with Gasteiger partial charge in [0.1, 0.15) is 17.8 Å². The first-order chi connectivity index (χ1) is 13.7. The third-order valence-electron chi connectivity index (χ3n) is 6.62. The minimum absolute atomic E-state index is 0.0500. The van der Waals surface area contributed by atoms with E-state index in [2.05, 4.69) is 24.8 Å². The van der Waals surface area contributed by atoms with E-state index in [9.17, 15) is 9.59 Å². The molecular formula is C20H26N6O2. The van der Waals surface area contributed by atoms with Gasteiger partial charge in [-0.1, -0.05) is 0 Å². The Hall–Kier alpha value is -2.64. The first-order valence-electron chi connectivity index (χ1n) is 10.2. The highest BCUT2D eigenvalue weighted by Gasteiger charge is 2.48. The zero-order chi connectivity index (χ0) is 19.1. The molecule has 2 amide bonds. The lowest BCUT2D eigenvalue weighted by molar-refractivity contribution is -0.138. The molecule has 0 atom stereocenters. The van der Waals surface area contributed by atoms with Crippen LogP contribution in [0, 0.1) is 11.3 Å². The number of aromatic amines is 1. The number of carbonyl (C=O) groups excluding carboxylic acids is 2. The summed E-state index contributed by atoms with van der Waals surface area (Å²) >= 11 is 0. The smallest absolute Gasteiger partial charge is 0.225 e. The number of hydrogen-bond acceptors (Lipinski definition) is 5. The van der Waals surface area contributed by atoms with Gasteiger partial charge in [0, 0.05) is 56.8 Å². The van der Waals surface area contributed by atoms with E-state index in [1.807, 2.05) is 12.3 Å². The summed E-state index contributed by atoms with van der Waals surface area (Å²) in [5, 5.41) is 1.04. The summed E-state index contributed by atoms with van der Waals surface area (Å²) in [6.07, 6.45) is 8.29. The lowest BCUT2D eigenvalue weighted by Gasteiger charge is -2.33. The molecule has 28 heavy (non-hydrogen) atoms. The fourth-order valence-electron chi connectivity index (χ4n) is 4.74. The molecule has 3 aliphatic rings. The van der Waals surface area contributed by atoms with Gasteiger partial charge in [-0.3, -0.25) is 9.59 Å². The molecule has 0 aromatic carbocycles. The standard InChI is InChI=1S/C20H26N6O2/c27-14-24-7-2-15(3-8-24)19(28)26-10-9-25(11-20(12-26)4-5-20)18-16-1-6-21-17(16)22-13-23-18/h1,6,13-15H,2-5,7-12H2,(H,21,22,23). The highest BCUT2D eigenvalue weighted by molar-refractivity contribution is 5.87. The number of rotatable bonds is 3. The van der Waals surface area contributed by atoms with E-state index in [0.717, 1.165) is 75.1 Å². The summed E-state index contributed by atoms with van der Waals surface area (Å²) in [6, 6.07) is 2.03. The number of amides is 2. The molecule has 8 heteroatoms. The zero-order valence-corrected chi connectivity index (χ0v) is 16.0. The van der Waals surface area contributed by atoms with Crippen molar-refractivity contribution in [3.8, 4) is 0 Å². The van der Waals surface area contributed by atoms with Crippen LogP contribution in [0.15, 0.2) is 18.6 Å². The van der Waals surface area contributed by atoms with E-state index in [-0.39, 0.29) is 17.2 Å². The van der Waals surface area contributed by atoms with Crippen LogP contribution in [0.1, 0.15) is 25.7 Å². The first kappa shape index (κ1) is 17.5. The summed E-state index contributed by atoms with van der Waals surface area (Å²) in [4.78, 5) is 42.4. The summed E-state index contributed by atoms with van der Waals surface area (Å²) in [5.41, 5.74) is 1.05. The SMILES string of the molecule is O=CN1CCC(C(=O)N2CCN(c3ncnc4[nH]ccc34)CC3(CC3)C2)CC1. The predicted molar refractivity (Wildman–Crippen MR) is 105 cm³/mol. The Balaban J connectivity index is 1.33. The molecule has 4 heterocycles. The van der Waals surface area contributed by atoms with Crippen LogP contribution in [0.2, 0.25) is 0 Å². The molecule has 2 aromatic heterocycles. The largest absolute Gasteiger partial charge is 0.354 e. The molecule has 148 valence electrons. The van der Waals surface area contributed by atoms with Crippen molar-refractivity contribution in [2.45, 2.75) is 25.7 Å². The number of anilines is 1. The molecule has 0 bridgehead atoms. The molecule has 1 aliphatic carbocycles. The highest BCUT2D eigenvalue weighted by atomic mass is 16.2. The summed E-state index contributed by atoms with van der Waals surface area (Å²) in [5.74, 6) is 1.29. The molecule has 8 nitrogen and oxygen atoms in total. The van der Waals surface area contributed by atoms with Gasteiger partial charge in [-0.25, -0.2) is 9.97 Å². The second-order valence-corrected chi connectivity index (χ2v) is 8.53. The van der Waals surface area contributed by atoms with E-state index < -0.39 is 0 Å². The van der Waals surface area contributed by atoms with Crippen LogP contribution >= 0.6 is 0 Å². The van der Waals surface area contributed by atoms with E-state index >= 15 is 0 Å². The molecule has 1 saturated carbocycles. The quantitative estimate of drug-likeness (QED) is 0.808. The van der Waals surface area contributed by atoms with Crippen LogP contribution in [0.5, 0.6) is 0 Å².